The number of rotatable bonds is 2. The first-order valence-corrected chi connectivity index (χ1v) is 6.12. The van der Waals surface area contributed by atoms with Crippen LogP contribution in [-0.4, -0.2) is 0 Å². The Morgan fingerprint density at radius 2 is 2.18 bits per heavy atom. The largest absolute Gasteiger partial charge is 0.469 e. The van der Waals surface area contributed by atoms with Gasteiger partial charge in [-0.3, -0.25) is 0 Å². The van der Waals surface area contributed by atoms with Crippen LogP contribution in [-0.2, 0) is 0 Å². The average Bonchev–Trinajstić information content (AvgIpc) is 2.72. The quantitative estimate of drug-likeness (QED) is 0.843. The lowest BCUT2D eigenvalue weighted by Gasteiger charge is -2.12. The van der Waals surface area contributed by atoms with E-state index < -0.39 is 11.9 Å². The van der Waals surface area contributed by atoms with Crippen molar-refractivity contribution in [3.05, 3.63) is 56.7 Å². The van der Waals surface area contributed by atoms with E-state index >= 15 is 0 Å². The molecule has 90 valence electrons. The maximum Gasteiger partial charge on any atom is 0.148 e. The number of hydrogen-bond acceptors (Lipinski definition) is 2. The second kappa shape index (κ2) is 4.80. The molecule has 1 unspecified atom stereocenters. The molecule has 1 heterocycles. The number of hydrogen-bond donors (Lipinski definition) is 1. The van der Waals surface area contributed by atoms with Gasteiger partial charge in [0.15, 0.2) is 0 Å². The highest BCUT2D eigenvalue weighted by atomic mass is 79.9. The van der Waals surface area contributed by atoms with Gasteiger partial charge in [0.1, 0.15) is 11.6 Å². The molecule has 1 aromatic carbocycles. The van der Waals surface area contributed by atoms with Crippen molar-refractivity contribution in [3.8, 4) is 0 Å². The molecule has 2 rings (SSSR count). The zero-order valence-electron chi connectivity index (χ0n) is 9.01. The number of benzene rings is 1. The summed E-state index contributed by atoms with van der Waals surface area (Å²) < 4.78 is 19.6. The first-order valence-electron chi connectivity index (χ1n) is 4.94. The van der Waals surface area contributed by atoms with E-state index in [0.29, 0.717) is 10.0 Å². The lowest BCUT2D eigenvalue weighted by molar-refractivity contribution is 0.529. The number of halogens is 3. The summed E-state index contributed by atoms with van der Waals surface area (Å²) in [6, 6.07) is 4.48. The third-order valence-corrected chi connectivity index (χ3v) is 3.77. The summed E-state index contributed by atoms with van der Waals surface area (Å²) in [5.74, 6) is 0.228. The van der Waals surface area contributed by atoms with Crippen LogP contribution in [0.5, 0.6) is 0 Å². The smallest absolute Gasteiger partial charge is 0.148 e. The second-order valence-electron chi connectivity index (χ2n) is 3.73. The second-order valence-corrected chi connectivity index (χ2v) is 4.97. The normalized spacial score (nSPS) is 12.8. The van der Waals surface area contributed by atoms with Gasteiger partial charge in [0, 0.05) is 15.6 Å². The fourth-order valence-electron chi connectivity index (χ4n) is 1.59. The van der Waals surface area contributed by atoms with E-state index in [4.69, 9.17) is 21.8 Å². The van der Waals surface area contributed by atoms with Crippen LogP contribution in [0.15, 0.2) is 33.4 Å². The minimum atomic E-state index is -0.585. The summed E-state index contributed by atoms with van der Waals surface area (Å²) in [6.45, 7) is 1.81. The zero-order chi connectivity index (χ0) is 12.6. The minimum absolute atomic E-state index is 0.0400. The van der Waals surface area contributed by atoms with Crippen molar-refractivity contribution in [1.29, 1.82) is 0 Å². The predicted molar refractivity (Wildman–Crippen MR) is 68.6 cm³/mol. The Morgan fingerprint density at radius 3 is 2.76 bits per heavy atom. The fourth-order valence-corrected chi connectivity index (χ4v) is 2.07. The molecular weight excluding hydrogens is 308 g/mol. The molecule has 0 aliphatic rings. The van der Waals surface area contributed by atoms with Crippen molar-refractivity contribution in [1.82, 2.24) is 0 Å². The van der Waals surface area contributed by atoms with Gasteiger partial charge < -0.3 is 10.2 Å². The van der Waals surface area contributed by atoms with Crippen molar-refractivity contribution in [2.75, 3.05) is 0 Å². The van der Waals surface area contributed by atoms with Gasteiger partial charge in [0.2, 0.25) is 0 Å². The molecular formula is C12H10BrClFNO. The lowest BCUT2D eigenvalue weighted by Crippen LogP contribution is -2.13. The van der Waals surface area contributed by atoms with Crippen LogP contribution in [0.3, 0.4) is 0 Å². The lowest BCUT2D eigenvalue weighted by atomic mass is 10.0. The van der Waals surface area contributed by atoms with E-state index in [2.05, 4.69) is 15.9 Å². The molecule has 0 aliphatic carbocycles. The molecule has 0 bridgehead atoms. The highest BCUT2D eigenvalue weighted by Gasteiger charge is 2.18. The summed E-state index contributed by atoms with van der Waals surface area (Å²) in [4.78, 5) is 0. The Balaban J connectivity index is 2.44. The van der Waals surface area contributed by atoms with Gasteiger partial charge in [-0.15, -0.1) is 0 Å². The third kappa shape index (κ3) is 2.39. The molecule has 0 radical (unpaired) electrons. The Bertz CT molecular complexity index is 555. The average molecular weight is 319 g/mol. The van der Waals surface area contributed by atoms with Gasteiger partial charge >= 0.3 is 0 Å². The van der Waals surface area contributed by atoms with Crippen LogP contribution in [0.25, 0.3) is 0 Å². The number of aryl methyl sites for hydroxylation is 1. The summed E-state index contributed by atoms with van der Waals surface area (Å²) in [5.41, 5.74) is 7.04. The summed E-state index contributed by atoms with van der Waals surface area (Å²) in [7, 11) is 0. The van der Waals surface area contributed by atoms with Gasteiger partial charge in [-0.05, 0) is 35.0 Å². The van der Waals surface area contributed by atoms with Crippen molar-refractivity contribution < 1.29 is 8.81 Å². The van der Waals surface area contributed by atoms with E-state index in [0.717, 1.165) is 11.3 Å². The van der Waals surface area contributed by atoms with Gasteiger partial charge in [-0.25, -0.2) is 4.39 Å². The molecule has 5 heteroatoms. The van der Waals surface area contributed by atoms with Crippen molar-refractivity contribution in [3.63, 3.8) is 0 Å². The molecule has 2 aromatic rings. The summed E-state index contributed by atoms with van der Waals surface area (Å²) >= 11 is 8.98. The van der Waals surface area contributed by atoms with Crippen LogP contribution < -0.4 is 5.73 Å². The molecule has 0 saturated carbocycles. The Hall–Kier alpha value is -0.840. The first kappa shape index (κ1) is 12.6. The molecule has 0 fully saturated rings. The van der Waals surface area contributed by atoms with E-state index in [1.54, 1.807) is 25.1 Å². The molecule has 2 N–H and O–H groups in total. The van der Waals surface area contributed by atoms with Gasteiger partial charge in [0.05, 0.1) is 17.3 Å². The monoisotopic (exact) mass is 317 g/mol. The van der Waals surface area contributed by atoms with E-state index in [1.165, 1.54) is 6.26 Å². The third-order valence-electron chi connectivity index (χ3n) is 2.51. The van der Waals surface area contributed by atoms with Crippen molar-refractivity contribution in [2.45, 2.75) is 13.0 Å². The van der Waals surface area contributed by atoms with Crippen LogP contribution in [0.2, 0.25) is 5.02 Å². The van der Waals surface area contributed by atoms with Gasteiger partial charge in [-0.2, -0.15) is 0 Å². The van der Waals surface area contributed by atoms with Gasteiger partial charge in [0.25, 0.3) is 0 Å². The molecule has 0 spiro atoms. The highest BCUT2D eigenvalue weighted by Crippen LogP contribution is 2.32. The predicted octanol–water partition coefficient (Wildman–Crippen LogP) is 4.19. The topological polar surface area (TPSA) is 39.2 Å². The van der Waals surface area contributed by atoms with E-state index in [9.17, 15) is 4.39 Å². The maximum atomic E-state index is 13.9. The Kier molecular flexibility index (Phi) is 3.56. The minimum Gasteiger partial charge on any atom is -0.469 e. The summed E-state index contributed by atoms with van der Waals surface area (Å²) in [5, 5.41) is 0.0400. The SMILES string of the molecule is Cc1cc(C(N)c2ccc(Br)c(Cl)c2F)co1. The van der Waals surface area contributed by atoms with Crippen LogP contribution in [0, 0.1) is 12.7 Å². The van der Waals surface area contributed by atoms with Crippen LogP contribution >= 0.6 is 27.5 Å². The first-order chi connectivity index (χ1) is 8.00. The molecule has 0 amide bonds. The summed E-state index contributed by atoms with van der Waals surface area (Å²) in [6.07, 6.45) is 1.52. The van der Waals surface area contributed by atoms with Gasteiger partial charge in [-0.1, -0.05) is 17.7 Å². The molecule has 17 heavy (non-hydrogen) atoms. The Labute approximate surface area is 112 Å². The van der Waals surface area contributed by atoms with E-state index in [-0.39, 0.29) is 5.02 Å². The van der Waals surface area contributed by atoms with Crippen molar-refractivity contribution in [2.24, 2.45) is 5.73 Å². The molecule has 0 aliphatic heterocycles. The highest BCUT2D eigenvalue weighted by molar-refractivity contribution is 9.10. The number of furan rings is 1. The van der Waals surface area contributed by atoms with Crippen LogP contribution in [0.1, 0.15) is 22.9 Å². The molecule has 1 aromatic heterocycles. The zero-order valence-corrected chi connectivity index (χ0v) is 11.3. The van der Waals surface area contributed by atoms with E-state index in [1.807, 2.05) is 0 Å². The Morgan fingerprint density at radius 1 is 1.47 bits per heavy atom. The molecule has 1 atom stereocenters. The molecule has 2 nitrogen and oxygen atoms in total. The maximum absolute atomic E-state index is 13.9. The standard InChI is InChI=1S/C12H10BrClFNO/c1-6-4-7(5-17-6)12(16)8-2-3-9(13)10(14)11(8)15/h2-5,12H,16H2,1H3. The fraction of sp³-hybridized carbons (Fsp3) is 0.167. The van der Waals surface area contributed by atoms with Crippen LogP contribution in [0.4, 0.5) is 4.39 Å². The molecule has 0 saturated heterocycles. The van der Waals surface area contributed by atoms with Crippen molar-refractivity contribution >= 4 is 27.5 Å². The number of nitrogens with two attached hydrogens (primary N) is 1.